The van der Waals surface area contributed by atoms with Crippen LogP contribution in [0.1, 0.15) is 42.5 Å². The lowest BCUT2D eigenvalue weighted by atomic mass is 10.1. The van der Waals surface area contributed by atoms with E-state index in [9.17, 15) is 13.2 Å². The van der Waals surface area contributed by atoms with Crippen LogP contribution in [0.5, 0.6) is 0 Å². The lowest BCUT2D eigenvalue weighted by Gasteiger charge is -2.22. The van der Waals surface area contributed by atoms with E-state index in [-0.39, 0.29) is 28.4 Å². The zero-order valence-electron chi connectivity index (χ0n) is 11.0. The Hall–Kier alpha value is -1.34. The van der Waals surface area contributed by atoms with Gasteiger partial charge >= 0.3 is 0 Å². The van der Waals surface area contributed by atoms with Crippen LogP contribution < -0.4 is 5.14 Å². The quantitative estimate of drug-likeness (QED) is 0.904. The fourth-order valence-corrected chi connectivity index (χ4v) is 3.24. The predicted octanol–water partition coefficient (Wildman–Crippen LogP) is 1.25. The number of hydrogen-bond acceptors (Lipinski definition) is 4. The zero-order chi connectivity index (χ0) is 14.2. The summed E-state index contributed by atoms with van der Waals surface area (Å²) in [6.07, 6.45) is 2.82. The molecule has 1 unspecified atom stereocenters. The van der Waals surface area contributed by atoms with Crippen molar-refractivity contribution < 1.29 is 17.6 Å². The van der Waals surface area contributed by atoms with Crippen LogP contribution in [0.4, 0.5) is 0 Å². The SMILES string of the molecule is CCC1CCCN1C(=O)c1cc(S(N)(=O)=O)c(C)o1. The van der Waals surface area contributed by atoms with Crippen molar-refractivity contribution in [2.24, 2.45) is 5.14 Å². The lowest BCUT2D eigenvalue weighted by molar-refractivity contribution is 0.0700. The third-order valence-electron chi connectivity index (χ3n) is 3.50. The third kappa shape index (κ3) is 2.66. The van der Waals surface area contributed by atoms with Crippen LogP contribution in [0.15, 0.2) is 15.4 Å². The number of amides is 1. The van der Waals surface area contributed by atoms with Gasteiger partial charge in [0.15, 0.2) is 5.76 Å². The van der Waals surface area contributed by atoms with Crippen molar-refractivity contribution in [1.29, 1.82) is 0 Å². The van der Waals surface area contributed by atoms with Gasteiger partial charge in [-0.1, -0.05) is 6.92 Å². The summed E-state index contributed by atoms with van der Waals surface area (Å²) in [5, 5.41) is 5.07. The van der Waals surface area contributed by atoms with E-state index in [1.807, 2.05) is 6.92 Å². The Labute approximate surface area is 112 Å². The zero-order valence-corrected chi connectivity index (χ0v) is 11.9. The number of aryl methyl sites for hydroxylation is 1. The van der Waals surface area contributed by atoms with E-state index in [2.05, 4.69) is 0 Å². The van der Waals surface area contributed by atoms with Crippen LogP contribution >= 0.6 is 0 Å². The van der Waals surface area contributed by atoms with E-state index in [1.165, 1.54) is 13.0 Å². The molecule has 0 bridgehead atoms. The van der Waals surface area contributed by atoms with Gasteiger partial charge in [-0.15, -0.1) is 0 Å². The Bertz CT molecular complexity index is 591. The Morgan fingerprint density at radius 3 is 2.79 bits per heavy atom. The summed E-state index contributed by atoms with van der Waals surface area (Å²) < 4.78 is 27.9. The Kier molecular flexibility index (Phi) is 3.69. The first-order valence-electron chi connectivity index (χ1n) is 6.28. The van der Waals surface area contributed by atoms with E-state index >= 15 is 0 Å². The number of furan rings is 1. The molecule has 2 rings (SSSR count). The number of carbonyl (C=O) groups is 1. The number of nitrogens with two attached hydrogens (primary N) is 1. The molecule has 6 nitrogen and oxygen atoms in total. The van der Waals surface area contributed by atoms with Crippen molar-refractivity contribution >= 4 is 15.9 Å². The first kappa shape index (κ1) is 14.1. The second-order valence-electron chi connectivity index (χ2n) is 4.78. The second kappa shape index (κ2) is 4.97. The van der Waals surface area contributed by atoms with Crippen molar-refractivity contribution in [2.75, 3.05) is 6.54 Å². The van der Waals surface area contributed by atoms with Gasteiger partial charge in [0, 0.05) is 18.7 Å². The number of hydrogen-bond donors (Lipinski definition) is 1. The highest BCUT2D eigenvalue weighted by Crippen LogP contribution is 2.25. The molecule has 1 aliphatic heterocycles. The predicted molar refractivity (Wildman–Crippen MR) is 69.2 cm³/mol. The second-order valence-corrected chi connectivity index (χ2v) is 6.31. The highest BCUT2D eigenvalue weighted by Gasteiger charge is 2.31. The lowest BCUT2D eigenvalue weighted by Crippen LogP contribution is -2.34. The van der Waals surface area contributed by atoms with Gasteiger partial charge in [0.05, 0.1) is 0 Å². The summed E-state index contributed by atoms with van der Waals surface area (Å²) in [5.41, 5.74) is 0. The molecule has 0 saturated carbocycles. The molecule has 2 heterocycles. The molecule has 0 aromatic carbocycles. The molecule has 0 spiro atoms. The molecular weight excluding hydrogens is 268 g/mol. The van der Waals surface area contributed by atoms with Crippen LogP contribution in [0.2, 0.25) is 0 Å². The number of rotatable bonds is 3. The average molecular weight is 286 g/mol. The van der Waals surface area contributed by atoms with Gasteiger partial charge in [-0.2, -0.15) is 0 Å². The molecule has 1 aliphatic rings. The van der Waals surface area contributed by atoms with Crippen molar-refractivity contribution in [3.05, 3.63) is 17.6 Å². The molecule has 0 radical (unpaired) electrons. The number of primary sulfonamides is 1. The average Bonchev–Trinajstić information content (AvgIpc) is 2.92. The van der Waals surface area contributed by atoms with E-state index in [0.717, 1.165) is 19.3 Å². The van der Waals surface area contributed by atoms with Crippen LogP contribution in [0.25, 0.3) is 0 Å². The van der Waals surface area contributed by atoms with Crippen molar-refractivity contribution in [3.63, 3.8) is 0 Å². The van der Waals surface area contributed by atoms with Gasteiger partial charge < -0.3 is 9.32 Å². The molecule has 1 atom stereocenters. The molecule has 0 aliphatic carbocycles. The molecule has 19 heavy (non-hydrogen) atoms. The molecule has 1 aromatic rings. The molecule has 1 aromatic heterocycles. The van der Waals surface area contributed by atoms with Gasteiger partial charge in [-0.05, 0) is 26.2 Å². The Morgan fingerprint density at radius 1 is 1.58 bits per heavy atom. The van der Waals surface area contributed by atoms with E-state index in [0.29, 0.717) is 6.54 Å². The van der Waals surface area contributed by atoms with Crippen molar-refractivity contribution in [2.45, 2.75) is 44.0 Å². The van der Waals surface area contributed by atoms with E-state index < -0.39 is 10.0 Å². The summed E-state index contributed by atoms with van der Waals surface area (Å²) in [5.74, 6) is -0.0673. The van der Waals surface area contributed by atoms with Gasteiger partial charge in [0.2, 0.25) is 10.0 Å². The minimum Gasteiger partial charge on any atom is -0.455 e. The van der Waals surface area contributed by atoms with E-state index in [1.54, 1.807) is 4.90 Å². The maximum Gasteiger partial charge on any atom is 0.289 e. The number of carbonyl (C=O) groups excluding carboxylic acids is 1. The molecule has 1 saturated heterocycles. The first-order valence-corrected chi connectivity index (χ1v) is 7.83. The minimum atomic E-state index is -3.85. The topological polar surface area (TPSA) is 93.6 Å². The Balaban J connectivity index is 2.30. The van der Waals surface area contributed by atoms with Gasteiger partial charge in [-0.3, -0.25) is 4.79 Å². The molecule has 7 heteroatoms. The monoisotopic (exact) mass is 286 g/mol. The summed E-state index contributed by atoms with van der Waals surface area (Å²) >= 11 is 0. The van der Waals surface area contributed by atoms with Gasteiger partial charge in [0.1, 0.15) is 10.7 Å². The highest BCUT2D eigenvalue weighted by molar-refractivity contribution is 7.89. The molecule has 2 N–H and O–H groups in total. The van der Waals surface area contributed by atoms with Crippen molar-refractivity contribution in [3.8, 4) is 0 Å². The summed E-state index contributed by atoms with van der Waals surface area (Å²) in [6, 6.07) is 1.42. The minimum absolute atomic E-state index is 0.0434. The van der Waals surface area contributed by atoms with Crippen LogP contribution in [-0.4, -0.2) is 31.8 Å². The standard InChI is InChI=1S/C12H18N2O4S/c1-3-9-5-4-6-14(9)12(15)10-7-11(8(2)18-10)19(13,16)17/h7,9H,3-6H2,1-2H3,(H2,13,16,17). The summed E-state index contributed by atoms with van der Waals surface area (Å²) in [6.45, 7) is 4.19. The molecule has 1 amide bonds. The maximum atomic E-state index is 12.3. The molecule has 106 valence electrons. The highest BCUT2D eigenvalue weighted by atomic mass is 32.2. The smallest absolute Gasteiger partial charge is 0.289 e. The van der Waals surface area contributed by atoms with Crippen LogP contribution in [-0.2, 0) is 10.0 Å². The molecular formula is C12H18N2O4S. The largest absolute Gasteiger partial charge is 0.455 e. The maximum absolute atomic E-state index is 12.3. The van der Waals surface area contributed by atoms with Gasteiger partial charge in [0.25, 0.3) is 5.91 Å². The summed E-state index contributed by atoms with van der Waals surface area (Å²) in [4.78, 5) is 13.9. The fraction of sp³-hybridized carbons (Fsp3) is 0.583. The third-order valence-corrected chi connectivity index (χ3v) is 4.52. The van der Waals surface area contributed by atoms with Crippen LogP contribution in [0.3, 0.4) is 0 Å². The van der Waals surface area contributed by atoms with Crippen LogP contribution in [0, 0.1) is 6.92 Å². The normalized spacial score (nSPS) is 19.9. The van der Waals surface area contributed by atoms with Crippen molar-refractivity contribution in [1.82, 2.24) is 4.90 Å². The number of sulfonamides is 1. The molecule has 1 fully saturated rings. The number of likely N-dealkylation sites (tertiary alicyclic amines) is 1. The first-order chi connectivity index (χ1) is 8.84. The fourth-order valence-electron chi connectivity index (χ4n) is 2.52. The van der Waals surface area contributed by atoms with E-state index in [4.69, 9.17) is 9.56 Å². The summed E-state index contributed by atoms with van der Waals surface area (Å²) in [7, 11) is -3.85. The Morgan fingerprint density at radius 2 is 2.26 bits per heavy atom. The number of nitrogens with zero attached hydrogens (tertiary/aromatic N) is 1. The van der Waals surface area contributed by atoms with Gasteiger partial charge in [-0.25, -0.2) is 13.6 Å².